The molecule has 1 unspecified atom stereocenters. The topological polar surface area (TPSA) is 55.6 Å². The summed E-state index contributed by atoms with van der Waals surface area (Å²) in [5, 5.41) is 3.93. The molecule has 0 aliphatic carbocycles. The highest BCUT2D eigenvalue weighted by Crippen LogP contribution is 2.33. The number of methoxy groups -OCH3 is 1. The van der Waals surface area contributed by atoms with Crippen molar-refractivity contribution < 1.29 is 14.1 Å². The van der Waals surface area contributed by atoms with Gasteiger partial charge in [-0.05, 0) is 25.8 Å². The maximum Gasteiger partial charge on any atom is 0.227 e. The van der Waals surface area contributed by atoms with Crippen LogP contribution in [0.15, 0.2) is 34.9 Å². The van der Waals surface area contributed by atoms with Crippen LogP contribution in [-0.2, 0) is 11.2 Å². The first kappa shape index (κ1) is 14.6. The Labute approximate surface area is 129 Å². The molecule has 116 valence electrons. The van der Waals surface area contributed by atoms with Crippen LogP contribution in [0, 0.1) is 6.92 Å². The van der Waals surface area contributed by atoms with E-state index < -0.39 is 0 Å². The van der Waals surface area contributed by atoms with Gasteiger partial charge in [0, 0.05) is 18.2 Å². The molecule has 1 saturated heterocycles. The largest absolute Gasteiger partial charge is 0.496 e. The third-order valence-electron chi connectivity index (χ3n) is 4.08. The molecule has 0 N–H and O–H groups in total. The molecule has 0 radical (unpaired) electrons. The van der Waals surface area contributed by atoms with E-state index in [0.717, 1.165) is 42.2 Å². The van der Waals surface area contributed by atoms with E-state index in [4.69, 9.17) is 9.26 Å². The Hall–Kier alpha value is -2.30. The van der Waals surface area contributed by atoms with Crippen LogP contribution in [0.3, 0.4) is 0 Å². The molecule has 1 aliphatic heterocycles. The van der Waals surface area contributed by atoms with Crippen LogP contribution in [0.5, 0.6) is 5.75 Å². The number of hydrogen-bond acceptors (Lipinski definition) is 4. The van der Waals surface area contributed by atoms with E-state index in [1.165, 1.54) is 0 Å². The Morgan fingerprint density at radius 3 is 3.00 bits per heavy atom. The van der Waals surface area contributed by atoms with Crippen molar-refractivity contribution in [3.63, 3.8) is 0 Å². The standard InChI is InChI=1S/C17H20N2O3/c1-12-10-16(22-18-12)14-7-5-9-19(14)17(20)11-13-6-3-4-8-15(13)21-2/h3-4,6,8,10,14H,5,7,9,11H2,1-2H3. The van der Waals surface area contributed by atoms with Gasteiger partial charge >= 0.3 is 0 Å². The zero-order chi connectivity index (χ0) is 15.5. The van der Waals surface area contributed by atoms with Crippen molar-refractivity contribution in [3.8, 4) is 5.75 Å². The van der Waals surface area contributed by atoms with Gasteiger partial charge in [-0.3, -0.25) is 4.79 Å². The lowest BCUT2D eigenvalue weighted by Crippen LogP contribution is -2.31. The van der Waals surface area contributed by atoms with Crippen LogP contribution in [0.2, 0.25) is 0 Å². The Balaban J connectivity index is 1.76. The van der Waals surface area contributed by atoms with Crippen molar-refractivity contribution in [2.45, 2.75) is 32.2 Å². The first-order chi connectivity index (χ1) is 10.7. The van der Waals surface area contributed by atoms with Crippen LogP contribution in [-0.4, -0.2) is 29.6 Å². The number of para-hydroxylation sites is 1. The lowest BCUT2D eigenvalue weighted by molar-refractivity contribution is -0.131. The van der Waals surface area contributed by atoms with Crippen molar-refractivity contribution in [2.24, 2.45) is 0 Å². The summed E-state index contributed by atoms with van der Waals surface area (Å²) in [4.78, 5) is 14.6. The number of ether oxygens (including phenoxy) is 1. The summed E-state index contributed by atoms with van der Waals surface area (Å²) in [6.07, 6.45) is 2.25. The molecule has 0 spiro atoms. The maximum absolute atomic E-state index is 12.7. The third kappa shape index (κ3) is 2.84. The highest BCUT2D eigenvalue weighted by molar-refractivity contribution is 5.80. The summed E-state index contributed by atoms with van der Waals surface area (Å²) in [5.41, 5.74) is 1.76. The highest BCUT2D eigenvalue weighted by Gasteiger charge is 2.32. The average Bonchev–Trinajstić information content (AvgIpc) is 3.16. The predicted molar refractivity (Wildman–Crippen MR) is 81.6 cm³/mol. The van der Waals surface area contributed by atoms with Crippen molar-refractivity contribution in [2.75, 3.05) is 13.7 Å². The normalized spacial score (nSPS) is 17.7. The van der Waals surface area contributed by atoms with Crippen molar-refractivity contribution in [1.82, 2.24) is 10.1 Å². The summed E-state index contributed by atoms with van der Waals surface area (Å²) in [7, 11) is 1.62. The summed E-state index contributed by atoms with van der Waals surface area (Å²) in [6, 6.07) is 9.56. The number of carbonyl (C=O) groups excluding carboxylic acids is 1. The van der Waals surface area contributed by atoms with Gasteiger partial charge in [0.05, 0.1) is 25.3 Å². The zero-order valence-electron chi connectivity index (χ0n) is 12.9. The Morgan fingerprint density at radius 2 is 2.27 bits per heavy atom. The van der Waals surface area contributed by atoms with Crippen LogP contribution >= 0.6 is 0 Å². The molecule has 0 saturated carbocycles. The highest BCUT2D eigenvalue weighted by atomic mass is 16.5. The van der Waals surface area contributed by atoms with Crippen molar-refractivity contribution in [3.05, 3.63) is 47.3 Å². The number of hydrogen-bond donors (Lipinski definition) is 0. The number of likely N-dealkylation sites (tertiary alicyclic amines) is 1. The second-order valence-corrected chi connectivity index (χ2v) is 5.60. The Morgan fingerprint density at radius 1 is 1.45 bits per heavy atom. The molecule has 0 bridgehead atoms. The van der Waals surface area contributed by atoms with Gasteiger partial charge < -0.3 is 14.2 Å². The number of rotatable bonds is 4. The molecular formula is C17H20N2O3. The fourth-order valence-corrected chi connectivity index (χ4v) is 3.01. The van der Waals surface area contributed by atoms with Gasteiger partial charge in [0.1, 0.15) is 5.75 Å². The average molecular weight is 300 g/mol. The lowest BCUT2D eigenvalue weighted by atomic mass is 10.1. The van der Waals surface area contributed by atoms with Gasteiger partial charge in [0.25, 0.3) is 0 Å². The zero-order valence-corrected chi connectivity index (χ0v) is 12.9. The van der Waals surface area contributed by atoms with E-state index in [0.29, 0.717) is 6.42 Å². The van der Waals surface area contributed by atoms with Gasteiger partial charge in [-0.1, -0.05) is 23.4 Å². The minimum absolute atomic E-state index is 0.00315. The van der Waals surface area contributed by atoms with Crippen molar-refractivity contribution >= 4 is 5.91 Å². The number of benzene rings is 1. The first-order valence-corrected chi connectivity index (χ1v) is 7.53. The van der Waals surface area contributed by atoms with E-state index in [1.807, 2.05) is 42.2 Å². The van der Waals surface area contributed by atoms with E-state index in [9.17, 15) is 4.79 Å². The van der Waals surface area contributed by atoms with Gasteiger partial charge in [-0.2, -0.15) is 0 Å². The van der Waals surface area contributed by atoms with Crippen LogP contribution < -0.4 is 4.74 Å². The molecule has 22 heavy (non-hydrogen) atoms. The summed E-state index contributed by atoms with van der Waals surface area (Å²) >= 11 is 0. The number of amides is 1. The third-order valence-corrected chi connectivity index (χ3v) is 4.08. The summed E-state index contributed by atoms with van der Waals surface area (Å²) in [5.74, 6) is 1.63. The second-order valence-electron chi connectivity index (χ2n) is 5.60. The molecule has 2 aromatic rings. The van der Waals surface area contributed by atoms with Gasteiger partial charge in [-0.25, -0.2) is 0 Å². The van der Waals surface area contributed by atoms with Gasteiger partial charge in [-0.15, -0.1) is 0 Å². The van der Waals surface area contributed by atoms with E-state index in [1.54, 1.807) is 7.11 Å². The number of aryl methyl sites for hydroxylation is 1. The minimum atomic E-state index is 0.00315. The van der Waals surface area contributed by atoms with E-state index >= 15 is 0 Å². The Kier molecular flexibility index (Phi) is 4.13. The van der Waals surface area contributed by atoms with Crippen molar-refractivity contribution in [1.29, 1.82) is 0 Å². The molecule has 3 rings (SSSR count). The van der Waals surface area contributed by atoms with Crippen LogP contribution in [0.25, 0.3) is 0 Å². The molecule has 1 fully saturated rings. The SMILES string of the molecule is COc1ccccc1CC(=O)N1CCCC1c1cc(C)no1. The number of nitrogens with zero attached hydrogens (tertiary/aromatic N) is 2. The summed E-state index contributed by atoms with van der Waals surface area (Å²) in [6.45, 7) is 2.65. The van der Waals surface area contributed by atoms with Gasteiger partial charge in [0.2, 0.25) is 5.91 Å². The first-order valence-electron chi connectivity index (χ1n) is 7.53. The fourth-order valence-electron chi connectivity index (χ4n) is 3.01. The minimum Gasteiger partial charge on any atom is -0.496 e. The van der Waals surface area contributed by atoms with E-state index in [2.05, 4.69) is 5.16 Å². The van der Waals surface area contributed by atoms with Crippen LogP contribution in [0.1, 0.15) is 35.9 Å². The fraction of sp³-hybridized carbons (Fsp3) is 0.412. The molecule has 1 atom stereocenters. The quantitative estimate of drug-likeness (QED) is 0.871. The summed E-state index contributed by atoms with van der Waals surface area (Å²) < 4.78 is 10.7. The predicted octanol–water partition coefficient (Wildman–Crippen LogP) is 2.90. The number of carbonyl (C=O) groups is 1. The van der Waals surface area contributed by atoms with E-state index in [-0.39, 0.29) is 11.9 Å². The molecular weight excluding hydrogens is 280 g/mol. The molecule has 1 amide bonds. The second kappa shape index (κ2) is 6.22. The molecule has 1 aromatic heterocycles. The Bertz CT molecular complexity index is 665. The number of aromatic nitrogens is 1. The monoisotopic (exact) mass is 300 g/mol. The van der Waals surface area contributed by atoms with Crippen LogP contribution in [0.4, 0.5) is 0 Å². The molecule has 1 aliphatic rings. The molecule has 2 heterocycles. The maximum atomic E-state index is 12.7. The molecule has 1 aromatic carbocycles. The smallest absolute Gasteiger partial charge is 0.227 e. The lowest BCUT2D eigenvalue weighted by Gasteiger charge is -2.23. The van der Waals surface area contributed by atoms with Gasteiger partial charge in [0.15, 0.2) is 5.76 Å². The molecule has 5 heteroatoms. The molecule has 5 nitrogen and oxygen atoms in total.